The van der Waals surface area contributed by atoms with Crippen molar-refractivity contribution in [1.29, 1.82) is 0 Å². The molecule has 1 fully saturated rings. The number of unbranched alkanes of at least 4 members (excludes halogenated alkanes) is 1. The normalized spacial score (nSPS) is 17.9. The molecule has 0 bridgehead atoms. The topological polar surface area (TPSA) is 55.1 Å². The van der Waals surface area contributed by atoms with Crippen LogP contribution >= 0.6 is 0 Å². The number of nitrogens with two attached hydrogens (primary N) is 1. The number of carbonyl (C=O) groups is 1. The Morgan fingerprint density at radius 1 is 1.48 bits per heavy atom. The number of halogens is 1. The second-order valence-corrected chi connectivity index (χ2v) is 5.99. The van der Waals surface area contributed by atoms with Crippen LogP contribution in [0.3, 0.4) is 0 Å². The summed E-state index contributed by atoms with van der Waals surface area (Å²) < 4.78 is 13.5. The lowest BCUT2D eigenvalue weighted by atomic mass is 9.63. The van der Waals surface area contributed by atoms with E-state index in [1.165, 1.54) is 12.1 Å². The van der Waals surface area contributed by atoms with E-state index in [1.807, 2.05) is 6.07 Å². The Hall–Kier alpha value is -1.42. The van der Waals surface area contributed by atoms with Crippen molar-refractivity contribution in [2.45, 2.75) is 56.9 Å². The van der Waals surface area contributed by atoms with Crippen LogP contribution in [0.15, 0.2) is 24.3 Å². The molecule has 116 valence electrons. The Labute approximate surface area is 126 Å². The van der Waals surface area contributed by atoms with Gasteiger partial charge >= 0.3 is 0 Å². The van der Waals surface area contributed by atoms with Gasteiger partial charge in [-0.15, -0.1) is 0 Å². The van der Waals surface area contributed by atoms with E-state index in [0.29, 0.717) is 6.54 Å². The summed E-state index contributed by atoms with van der Waals surface area (Å²) in [6, 6.07) is 6.45. The molecule has 0 aromatic heterocycles. The monoisotopic (exact) mass is 292 g/mol. The van der Waals surface area contributed by atoms with Gasteiger partial charge in [-0.2, -0.15) is 0 Å². The smallest absolute Gasteiger partial charge is 0.230 e. The van der Waals surface area contributed by atoms with Gasteiger partial charge in [0, 0.05) is 12.6 Å². The van der Waals surface area contributed by atoms with E-state index in [1.54, 1.807) is 6.07 Å². The predicted molar refractivity (Wildman–Crippen MR) is 82.4 cm³/mol. The Bertz CT molecular complexity index is 485. The van der Waals surface area contributed by atoms with Crippen LogP contribution in [-0.4, -0.2) is 18.5 Å². The highest BCUT2D eigenvalue weighted by Crippen LogP contribution is 2.44. The fourth-order valence-corrected chi connectivity index (χ4v) is 2.99. The SMILES string of the molecule is CCCCC(CN)NC(=O)C1(c2cccc(F)c2)CCC1. The quantitative estimate of drug-likeness (QED) is 0.812. The van der Waals surface area contributed by atoms with Gasteiger partial charge in [0.1, 0.15) is 5.82 Å². The Morgan fingerprint density at radius 2 is 2.24 bits per heavy atom. The first-order valence-corrected chi connectivity index (χ1v) is 7.89. The number of benzene rings is 1. The van der Waals surface area contributed by atoms with E-state index in [-0.39, 0.29) is 17.8 Å². The highest BCUT2D eigenvalue weighted by Gasteiger charge is 2.46. The molecular formula is C17H25FN2O. The minimum absolute atomic E-state index is 0.00547. The number of amides is 1. The summed E-state index contributed by atoms with van der Waals surface area (Å²) in [6.07, 6.45) is 5.61. The summed E-state index contributed by atoms with van der Waals surface area (Å²) in [5.74, 6) is -0.279. The first-order chi connectivity index (χ1) is 10.1. The van der Waals surface area contributed by atoms with Crippen molar-refractivity contribution < 1.29 is 9.18 Å². The number of hydrogen-bond acceptors (Lipinski definition) is 2. The minimum Gasteiger partial charge on any atom is -0.351 e. The van der Waals surface area contributed by atoms with Crippen LogP contribution in [0.25, 0.3) is 0 Å². The zero-order chi connectivity index (χ0) is 15.3. The Morgan fingerprint density at radius 3 is 2.76 bits per heavy atom. The van der Waals surface area contributed by atoms with Crippen molar-refractivity contribution in [3.63, 3.8) is 0 Å². The highest BCUT2D eigenvalue weighted by molar-refractivity contribution is 5.89. The molecule has 1 amide bonds. The van der Waals surface area contributed by atoms with Crippen molar-refractivity contribution in [3.8, 4) is 0 Å². The third-order valence-electron chi connectivity index (χ3n) is 4.54. The molecule has 1 aliphatic carbocycles. The van der Waals surface area contributed by atoms with Gasteiger partial charge in [-0.05, 0) is 37.0 Å². The molecule has 1 aliphatic rings. The third-order valence-corrected chi connectivity index (χ3v) is 4.54. The van der Waals surface area contributed by atoms with Gasteiger partial charge in [-0.1, -0.05) is 38.3 Å². The molecule has 3 N–H and O–H groups in total. The summed E-state index contributed by atoms with van der Waals surface area (Å²) in [4.78, 5) is 12.7. The molecule has 1 aromatic carbocycles. The summed E-state index contributed by atoms with van der Waals surface area (Å²) in [5.41, 5.74) is 5.99. The molecule has 1 saturated carbocycles. The maximum atomic E-state index is 13.5. The zero-order valence-electron chi connectivity index (χ0n) is 12.7. The van der Waals surface area contributed by atoms with E-state index in [4.69, 9.17) is 5.73 Å². The molecule has 1 atom stereocenters. The molecule has 0 heterocycles. The third kappa shape index (κ3) is 3.43. The molecule has 2 rings (SSSR count). The van der Waals surface area contributed by atoms with E-state index >= 15 is 0 Å². The van der Waals surface area contributed by atoms with E-state index < -0.39 is 5.41 Å². The molecule has 0 spiro atoms. The van der Waals surface area contributed by atoms with Crippen LogP contribution in [0.2, 0.25) is 0 Å². The van der Waals surface area contributed by atoms with Crippen LogP contribution < -0.4 is 11.1 Å². The molecule has 4 heteroatoms. The van der Waals surface area contributed by atoms with Crippen LogP contribution in [0, 0.1) is 5.82 Å². The number of carbonyl (C=O) groups excluding carboxylic acids is 1. The zero-order valence-corrected chi connectivity index (χ0v) is 12.7. The van der Waals surface area contributed by atoms with Gasteiger partial charge in [-0.25, -0.2) is 4.39 Å². The lowest BCUT2D eigenvalue weighted by Gasteiger charge is -2.41. The maximum absolute atomic E-state index is 13.5. The lowest BCUT2D eigenvalue weighted by molar-refractivity contribution is -0.130. The van der Waals surface area contributed by atoms with Crippen LogP contribution in [0.4, 0.5) is 4.39 Å². The van der Waals surface area contributed by atoms with E-state index in [2.05, 4.69) is 12.2 Å². The van der Waals surface area contributed by atoms with Crippen molar-refractivity contribution >= 4 is 5.91 Å². The summed E-state index contributed by atoms with van der Waals surface area (Å²) in [7, 11) is 0. The average Bonchev–Trinajstić information content (AvgIpc) is 2.42. The Kier molecular flexibility index (Phi) is 5.34. The van der Waals surface area contributed by atoms with Gasteiger partial charge < -0.3 is 11.1 Å². The molecule has 1 aromatic rings. The van der Waals surface area contributed by atoms with Gasteiger partial charge in [0.25, 0.3) is 0 Å². The number of hydrogen-bond donors (Lipinski definition) is 2. The summed E-state index contributed by atoms with van der Waals surface area (Å²) in [6.45, 7) is 2.57. The van der Waals surface area contributed by atoms with Crippen LogP contribution in [-0.2, 0) is 10.2 Å². The number of rotatable bonds is 7. The summed E-state index contributed by atoms with van der Waals surface area (Å²) >= 11 is 0. The lowest BCUT2D eigenvalue weighted by Crippen LogP contribution is -2.53. The highest BCUT2D eigenvalue weighted by atomic mass is 19.1. The van der Waals surface area contributed by atoms with Crippen molar-refractivity contribution in [2.75, 3.05) is 6.54 Å². The fourth-order valence-electron chi connectivity index (χ4n) is 2.99. The number of nitrogens with one attached hydrogen (secondary N) is 1. The first-order valence-electron chi connectivity index (χ1n) is 7.89. The molecule has 21 heavy (non-hydrogen) atoms. The first kappa shape index (κ1) is 16.0. The largest absolute Gasteiger partial charge is 0.351 e. The van der Waals surface area contributed by atoms with E-state index in [0.717, 1.165) is 44.1 Å². The molecular weight excluding hydrogens is 267 g/mol. The van der Waals surface area contributed by atoms with Gasteiger partial charge in [0.05, 0.1) is 5.41 Å². The average molecular weight is 292 g/mol. The van der Waals surface area contributed by atoms with Gasteiger partial charge in [-0.3, -0.25) is 4.79 Å². The Balaban J connectivity index is 2.11. The molecule has 1 unspecified atom stereocenters. The molecule has 0 saturated heterocycles. The second-order valence-electron chi connectivity index (χ2n) is 5.99. The molecule has 0 radical (unpaired) electrons. The standard InChI is InChI=1S/C17H25FN2O/c1-2-3-8-15(12-19)20-16(21)17(9-5-10-17)13-6-4-7-14(18)11-13/h4,6-7,11,15H,2-3,5,8-10,12,19H2,1H3,(H,20,21). The van der Waals surface area contributed by atoms with Gasteiger partial charge in [0.2, 0.25) is 5.91 Å². The molecule has 3 nitrogen and oxygen atoms in total. The maximum Gasteiger partial charge on any atom is 0.230 e. The van der Waals surface area contributed by atoms with Crippen molar-refractivity contribution in [3.05, 3.63) is 35.6 Å². The van der Waals surface area contributed by atoms with Crippen LogP contribution in [0.1, 0.15) is 51.0 Å². The fraction of sp³-hybridized carbons (Fsp3) is 0.588. The van der Waals surface area contributed by atoms with Crippen molar-refractivity contribution in [1.82, 2.24) is 5.32 Å². The van der Waals surface area contributed by atoms with Crippen molar-refractivity contribution in [2.24, 2.45) is 5.73 Å². The second kappa shape index (κ2) is 7.03. The molecule has 0 aliphatic heterocycles. The van der Waals surface area contributed by atoms with Crippen LogP contribution in [0.5, 0.6) is 0 Å². The summed E-state index contributed by atoms with van der Waals surface area (Å²) in [5, 5.41) is 3.08. The minimum atomic E-state index is -0.554. The van der Waals surface area contributed by atoms with Gasteiger partial charge in [0.15, 0.2) is 0 Å². The van der Waals surface area contributed by atoms with E-state index in [9.17, 15) is 9.18 Å². The predicted octanol–water partition coefficient (Wildman–Crippen LogP) is 2.88.